The molecule has 0 radical (unpaired) electrons. The number of allylic oxidation sites excluding steroid dienone is 2. The van der Waals surface area contributed by atoms with Crippen LogP contribution in [0.2, 0.25) is 0 Å². The summed E-state index contributed by atoms with van der Waals surface area (Å²) in [5, 5.41) is 14.8. The van der Waals surface area contributed by atoms with Crippen molar-refractivity contribution >= 4 is 17.3 Å². The molecule has 0 fully saturated rings. The van der Waals surface area contributed by atoms with Crippen LogP contribution in [0.1, 0.15) is 72.8 Å². The Hall–Kier alpha value is -3.28. The van der Waals surface area contributed by atoms with Crippen LogP contribution in [0.15, 0.2) is 63.8 Å². The zero-order valence-corrected chi connectivity index (χ0v) is 19.3. The highest BCUT2D eigenvalue weighted by Gasteiger charge is 2.36. The monoisotopic (exact) mass is 446 g/mol. The quantitative estimate of drug-likeness (QED) is 0.457. The second-order valence-electron chi connectivity index (χ2n) is 9.71. The van der Waals surface area contributed by atoms with Crippen molar-refractivity contribution in [1.82, 2.24) is 5.16 Å². The lowest BCUT2D eigenvalue weighted by Gasteiger charge is -2.30. The maximum Gasteiger partial charge on any atom is 0.168 e. The maximum absolute atomic E-state index is 13.0. The van der Waals surface area contributed by atoms with E-state index in [1.807, 2.05) is 44.2 Å². The van der Waals surface area contributed by atoms with Crippen molar-refractivity contribution in [3.05, 3.63) is 76.9 Å². The predicted molar refractivity (Wildman–Crippen MR) is 127 cm³/mol. The van der Waals surface area contributed by atoms with Crippen molar-refractivity contribution in [2.24, 2.45) is 10.4 Å². The van der Waals surface area contributed by atoms with Crippen LogP contribution in [-0.2, 0) is 17.6 Å². The highest BCUT2D eigenvalue weighted by Crippen LogP contribution is 2.37. The number of aliphatic hydroxyl groups is 1. The molecule has 0 bridgehead atoms. The number of aryl methyl sites for hydroxylation is 1. The Kier molecular flexibility index (Phi) is 6.45. The van der Waals surface area contributed by atoms with Gasteiger partial charge in [-0.3, -0.25) is 14.6 Å². The zero-order chi connectivity index (χ0) is 23.6. The summed E-state index contributed by atoms with van der Waals surface area (Å²) < 4.78 is 5.58. The van der Waals surface area contributed by atoms with Crippen LogP contribution in [0.5, 0.6) is 0 Å². The van der Waals surface area contributed by atoms with Gasteiger partial charge in [0.2, 0.25) is 0 Å². The molecular weight excluding hydrogens is 416 g/mol. The fourth-order valence-electron chi connectivity index (χ4n) is 4.88. The predicted octanol–water partition coefficient (Wildman–Crippen LogP) is 5.35. The van der Waals surface area contributed by atoms with Crippen molar-refractivity contribution in [2.45, 2.75) is 58.3 Å². The van der Waals surface area contributed by atoms with Gasteiger partial charge in [0, 0.05) is 31.4 Å². The molecule has 6 nitrogen and oxygen atoms in total. The number of aliphatic hydroxyl groups excluding tert-OH is 1. The molecule has 33 heavy (non-hydrogen) atoms. The number of rotatable bonds is 7. The summed E-state index contributed by atoms with van der Waals surface area (Å²) >= 11 is 0. The summed E-state index contributed by atoms with van der Waals surface area (Å²) in [4.78, 5) is 30.3. The van der Waals surface area contributed by atoms with Gasteiger partial charge in [0.05, 0.1) is 23.4 Å². The van der Waals surface area contributed by atoms with Gasteiger partial charge in [0.25, 0.3) is 0 Å². The van der Waals surface area contributed by atoms with Gasteiger partial charge in [-0.05, 0) is 29.7 Å². The largest absolute Gasteiger partial charge is 0.511 e. The first-order chi connectivity index (χ1) is 15.8. The number of hydrogen-bond acceptors (Lipinski definition) is 6. The van der Waals surface area contributed by atoms with Gasteiger partial charge < -0.3 is 9.63 Å². The molecule has 1 heterocycles. The van der Waals surface area contributed by atoms with Crippen molar-refractivity contribution in [3.8, 4) is 0 Å². The van der Waals surface area contributed by atoms with E-state index in [1.54, 1.807) is 6.08 Å². The van der Waals surface area contributed by atoms with Crippen LogP contribution < -0.4 is 0 Å². The normalized spacial score (nSPS) is 20.7. The Morgan fingerprint density at radius 1 is 1.21 bits per heavy atom. The van der Waals surface area contributed by atoms with Gasteiger partial charge in [0.15, 0.2) is 11.6 Å². The number of carbonyl (C=O) groups excluding carboxylic acids is 2. The lowest BCUT2D eigenvalue weighted by Crippen LogP contribution is -2.29. The van der Waals surface area contributed by atoms with Crippen molar-refractivity contribution < 1.29 is 19.2 Å². The molecule has 2 aliphatic carbocycles. The number of Topliss-reactive ketones (excluding diaryl/α,β-unsaturated/α-hetero) is 2. The molecule has 172 valence electrons. The van der Waals surface area contributed by atoms with Crippen LogP contribution in [-0.4, -0.2) is 34.1 Å². The standard InChI is InChI=1S/C27H30N2O4/c1-4-12-28-19(25-22(31)15-27(2,3)16-23(25)32)10-11-20-26-21(30)13-18(14-24(26)33-29-20)17-8-6-5-7-9-17/h4-9,18,31H,1,10-16H2,2-3H3. The molecule has 0 amide bonds. The van der Waals surface area contributed by atoms with E-state index in [-0.39, 0.29) is 28.7 Å². The van der Waals surface area contributed by atoms with Crippen LogP contribution in [0.25, 0.3) is 0 Å². The van der Waals surface area contributed by atoms with E-state index in [9.17, 15) is 14.7 Å². The average Bonchev–Trinajstić information content (AvgIpc) is 3.18. The molecule has 6 heteroatoms. The number of hydrogen-bond donors (Lipinski definition) is 1. The second kappa shape index (κ2) is 9.30. The number of aliphatic imine (C=N–C) groups is 1. The van der Waals surface area contributed by atoms with Crippen molar-refractivity contribution in [2.75, 3.05) is 6.54 Å². The molecule has 2 aromatic rings. The maximum atomic E-state index is 13.0. The Labute approximate surface area is 194 Å². The minimum Gasteiger partial charge on any atom is -0.511 e. The molecule has 0 saturated carbocycles. The van der Waals surface area contributed by atoms with E-state index in [0.717, 1.165) is 5.56 Å². The smallest absolute Gasteiger partial charge is 0.168 e. The lowest BCUT2D eigenvalue weighted by atomic mass is 9.75. The molecule has 1 aromatic heterocycles. The molecule has 2 aliphatic rings. The highest BCUT2D eigenvalue weighted by atomic mass is 16.5. The number of benzene rings is 1. The number of aromatic nitrogens is 1. The molecule has 1 N–H and O–H groups in total. The van der Waals surface area contributed by atoms with Crippen molar-refractivity contribution in [3.63, 3.8) is 0 Å². The Bertz CT molecular complexity index is 1140. The minimum absolute atomic E-state index is 0.0310. The van der Waals surface area contributed by atoms with Gasteiger partial charge in [0.1, 0.15) is 11.5 Å². The molecular formula is C27H30N2O4. The fraction of sp³-hybridized carbons (Fsp3) is 0.407. The Morgan fingerprint density at radius 2 is 1.97 bits per heavy atom. The SMILES string of the molecule is C=CCN=C(CCc1noc2c1C(=O)CC(c1ccccc1)C2)C1=C(O)CC(C)(C)CC1=O. The third-order valence-electron chi connectivity index (χ3n) is 6.40. The first-order valence-electron chi connectivity index (χ1n) is 11.4. The zero-order valence-electron chi connectivity index (χ0n) is 19.3. The first kappa shape index (κ1) is 22.9. The van der Waals surface area contributed by atoms with E-state index in [0.29, 0.717) is 73.4 Å². The molecule has 4 rings (SSSR count). The topological polar surface area (TPSA) is 92.8 Å². The number of nitrogens with zero attached hydrogens (tertiary/aromatic N) is 2. The third kappa shape index (κ3) is 4.90. The Balaban J connectivity index is 1.55. The molecule has 0 saturated heterocycles. The summed E-state index contributed by atoms with van der Waals surface area (Å²) in [6.45, 7) is 7.98. The molecule has 0 aliphatic heterocycles. The summed E-state index contributed by atoms with van der Waals surface area (Å²) in [5.74, 6) is 0.723. The van der Waals surface area contributed by atoms with Gasteiger partial charge in [-0.2, -0.15) is 0 Å². The molecule has 1 atom stereocenters. The summed E-state index contributed by atoms with van der Waals surface area (Å²) in [6.07, 6.45) is 4.28. The first-order valence-corrected chi connectivity index (χ1v) is 11.4. The third-order valence-corrected chi connectivity index (χ3v) is 6.40. The van der Waals surface area contributed by atoms with Gasteiger partial charge in [-0.15, -0.1) is 6.58 Å². The van der Waals surface area contributed by atoms with Gasteiger partial charge in [-0.1, -0.05) is 55.4 Å². The minimum atomic E-state index is -0.277. The van der Waals surface area contributed by atoms with Gasteiger partial charge >= 0.3 is 0 Å². The van der Waals surface area contributed by atoms with Crippen LogP contribution >= 0.6 is 0 Å². The van der Waals surface area contributed by atoms with E-state index < -0.39 is 0 Å². The summed E-state index contributed by atoms with van der Waals surface area (Å²) in [6, 6.07) is 9.98. The number of fused-ring (bicyclic) bond motifs is 1. The molecule has 1 unspecified atom stereocenters. The summed E-state index contributed by atoms with van der Waals surface area (Å²) in [7, 11) is 0. The lowest BCUT2D eigenvalue weighted by molar-refractivity contribution is -0.118. The second-order valence-corrected chi connectivity index (χ2v) is 9.71. The summed E-state index contributed by atoms with van der Waals surface area (Å²) in [5.41, 5.74) is 2.85. The van der Waals surface area contributed by atoms with E-state index in [1.165, 1.54) is 0 Å². The van der Waals surface area contributed by atoms with Crippen LogP contribution in [0, 0.1) is 5.41 Å². The van der Waals surface area contributed by atoms with Crippen molar-refractivity contribution in [1.29, 1.82) is 0 Å². The average molecular weight is 447 g/mol. The van der Waals surface area contributed by atoms with E-state index in [2.05, 4.69) is 16.7 Å². The number of carbonyl (C=O) groups is 2. The molecule has 1 aromatic carbocycles. The van der Waals surface area contributed by atoms with Gasteiger partial charge in [-0.25, -0.2) is 0 Å². The highest BCUT2D eigenvalue weighted by molar-refractivity contribution is 6.23. The fourth-order valence-corrected chi connectivity index (χ4v) is 4.88. The van der Waals surface area contributed by atoms with Crippen LogP contribution in [0.3, 0.4) is 0 Å². The Morgan fingerprint density at radius 3 is 2.67 bits per heavy atom. The van der Waals surface area contributed by atoms with Crippen LogP contribution in [0.4, 0.5) is 0 Å². The van der Waals surface area contributed by atoms with E-state index in [4.69, 9.17) is 4.52 Å². The molecule has 0 spiro atoms. The number of ketones is 2. The van der Waals surface area contributed by atoms with E-state index >= 15 is 0 Å².